The third-order valence-corrected chi connectivity index (χ3v) is 3.26. The third kappa shape index (κ3) is 4.03. The topological polar surface area (TPSA) is 80.2 Å². The molecule has 0 radical (unpaired) electrons. The second kappa shape index (κ2) is 6.34. The summed E-state index contributed by atoms with van der Waals surface area (Å²) in [6.45, 7) is 2.68. The molecule has 2 N–H and O–H groups in total. The number of amides is 1. The summed E-state index contributed by atoms with van der Waals surface area (Å²) in [5.41, 5.74) is 2.87. The quantitative estimate of drug-likeness (QED) is 0.645. The van der Waals surface area contributed by atoms with Crippen molar-refractivity contribution in [2.45, 2.75) is 19.1 Å². The van der Waals surface area contributed by atoms with Crippen molar-refractivity contribution in [3.05, 3.63) is 28.2 Å². The van der Waals surface area contributed by atoms with Crippen molar-refractivity contribution in [2.24, 2.45) is 5.10 Å². The lowest BCUT2D eigenvalue weighted by Crippen LogP contribution is -2.33. The van der Waals surface area contributed by atoms with E-state index < -0.39 is 5.79 Å². The largest absolute Gasteiger partial charge is 0.507 e. The van der Waals surface area contributed by atoms with Crippen LogP contribution in [-0.4, -0.2) is 36.2 Å². The molecule has 0 saturated carbocycles. The third-order valence-electron chi connectivity index (χ3n) is 2.76. The van der Waals surface area contributed by atoms with Crippen molar-refractivity contribution in [1.29, 1.82) is 0 Å². The summed E-state index contributed by atoms with van der Waals surface area (Å²) in [5.74, 6) is -1.11. The van der Waals surface area contributed by atoms with Gasteiger partial charge in [-0.1, -0.05) is 15.9 Å². The van der Waals surface area contributed by atoms with Gasteiger partial charge in [0.05, 0.1) is 25.8 Å². The number of benzene rings is 1. The molecule has 1 aliphatic heterocycles. The van der Waals surface area contributed by atoms with E-state index in [1.165, 1.54) is 12.3 Å². The van der Waals surface area contributed by atoms with Crippen LogP contribution >= 0.6 is 15.9 Å². The number of phenols is 1. The number of halogens is 1. The van der Waals surface area contributed by atoms with Crippen molar-refractivity contribution in [2.75, 3.05) is 13.2 Å². The second-order valence-corrected chi connectivity index (χ2v) is 5.42. The molecule has 0 unspecified atom stereocenters. The second-order valence-electron chi connectivity index (χ2n) is 4.50. The first-order valence-corrected chi connectivity index (χ1v) is 6.86. The molecule has 20 heavy (non-hydrogen) atoms. The lowest BCUT2D eigenvalue weighted by Gasteiger charge is -2.20. The summed E-state index contributed by atoms with van der Waals surface area (Å²) in [4.78, 5) is 11.7. The Morgan fingerprint density at radius 1 is 1.55 bits per heavy atom. The Kier molecular flexibility index (Phi) is 4.74. The molecule has 0 bridgehead atoms. The van der Waals surface area contributed by atoms with Crippen LogP contribution in [0.5, 0.6) is 5.75 Å². The van der Waals surface area contributed by atoms with Gasteiger partial charge in [-0.3, -0.25) is 4.79 Å². The summed E-state index contributed by atoms with van der Waals surface area (Å²) >= 11 is 3.29. The van der Waals surface area contributed by atoms with Gasteiger partial charge in [-0.05, 0) is 25.1 Å². The van der Waals surface area contributed by atoms with Crippen LogP contribution in [0.3, 0.4) is 0 Å². The number of carbonyl (C=O) groups excluding carboxylic acids is 1. The number of phenolic OH excluding ortho intramolecular Hbond substituents is 1. The average molecular weight is 343 g/mol. The van der Waals surface area contributed by atoms with Crippen LogP contribution in [-0.2, 0) is 14.3 Å². The van der Waals surface area contributed by atoms with Crippen LogP contribution in [0.25, 0.3) is 0 Å². The zero-order valence-electron chi connectivity index (χ0n) is 10.9. The van der Waals surface area contributed by atoms with E-state index in [1.54, 1.807) is 19.1 Å². The van der Waals surface area contributed by atoms with E-state index in [0.29, 0.717) is 18.8 Å². The van der Waals surface area contributed by atoms with Crippen molar-refractivity contribution in [1.82, 2.24) is 5.43 Å². The molecule has 0 aromatic heterocycles. The Hall–Kier alpha value is -1.44. The van der Waals surface area contributed by atoms with E-state index in [9.17, 15) is 9.90 Å². The van der Waals surface area contributed by atoms with Gasteiger partial charge in [-0.15, -0.1) is 0 Å². The lowest BCUT2D eigenvalue weighted by atomic mass is 10.2. The minimum absolute atomic E-state index is 0.0643. The molecule has 1 fully saturated rings. The number of hydrogen-bond donors (Lipinski definition) is 2. The summed E-state index contributed by atoms with van der Waals surface area (Å²) in [7, 11) is 0. The normalized spacial score (nSPS) is 17.5. The van der Waals surface area contributed by atoms with Crippen molar-refractivity contribution in [3.63, 3.8) is 0 Å². The van der Waals surface area contributed by atoms with E-state index in [-0.39, 0.29) is 18.1 Å². The first kappa shape index (κ1) is 15.0. The van der Waals surface area contributed by atoms with E-state index >= 15 is 0 Å². The van der Waals surface area contributed by atoms with E-state index in [4.69, 9.17) is 9.47 Å². The zero-order valence-corrected chi connectivity index (χ0v) is 12.5. The van der Waals surface area contributed by atoms with E-state index in [0.717, 1.165) is 4.47 Å². The maximum absolute atomic E-state index is 11.7. The molecule has 1 aliphatic rings. The fraction of sp³-hybridized carbons (Fsp3) is 0.385. The van der Waals surface area contributed by atoms with Crippen LogP contribution < -0.4 is 5.43 Å². The fourth-order valence-electron chi connectivity index (χ4n) is 1.79. The number of carbonyl (C=O) groups is 1. The van der Waals surface area contributed by atoms with Gasteiger partial charge in [0.1, 0.15) is 5.75 Å². The molecule has 0 spiro atoms. The van der Waals surface area contributed by atoms with Gasteiger partial charge in [-0.25, -0.2) is 5.43 Å². The zero-order chi connectivity index (χ0) is 14.6. The predicted molar refractivity (Wildman–Crippen MR) is 76.5 cm³/mol. The highest BCUT2D eigenvalue weighted by molar-refractivity contribution is 9.10. The van der Waals surface area contributed by atoms with Crippen molar-refractivity contribution < 1.29 is 19.4 Å². The smallest absolute Gasteiger partial charge is 0.245 e. The van der Waals surface area contributed by atoms with Crippen LogP contribution in [0.15, 0.2) is 27.8 Å². The number of nitrogens with zero attached hydrogens (tertiary/aromatic N) is 1. The van der Waals surface area contributed by atoms with Crippen molar-refractivity contribution >= 4 is 28.1 Å². The SMILES string of the molecule is CC1(CC(=O)NN=Cc2cc(Br)ccc2O)OCCO1. The summed E-state index contributed by atoms with van der Waals surface area (Å²) in [6.07, 6.45) is 1.44. The minimum atomic E-state index is -0.877. The summed E-state index contributed by atoms with van der Waals surface area (Å²) in [6, 6.07) is 4.94. The van der Waals surface area contributed by atoms with Crippen LogP contribution in [0.1, 0.15) is 18.9 Å². The fourth-order valence-corrected chi connectivity index (χ4v) is 2.17. The average Bonchev–Trinajstić information content (AvgIpc) is 2.80. The Bertz CT molecular complexity index is 527. The van der Waals surface area contributed by atoms with Crippen LogP contribution in [0.4, 0.5) is 0 Å². The van der Waals surface area contributed by atoms with Gasteiger partial charge >= 0.3 is 0 Å². The number of aromatic hydroxyl groups is 1. The number of nitrogens with one attached hydrogen (secondary N) is 1. The van der Waals surface area contributed by atoms with Crippen molar-refractivity contribution in [3.8, 4) is 5.75 Å². The Labute approximate surface area is 124 Å². The number of hydrazone groups is 1. The van der Waals surface area contributed by atoms with Gasteiger partial charge in [-0.2, -0.15) is 5.10 Å². The Balaban J connectivity index is 1.89. The lowest BCUT2D eigenvalue weighted by molar-refractivity contribution is -0.159. The summed E-state index contributed by atoms with van der Waals surface area (Å²) < 4.78 is 11.5. The van der Waals surface area contributed by atoms with Gasteiger partial charge in [0.15, 0.2) is 5.79 Å². The number of ether oxygens (including phenoxy) is 2. The minimum Gasteiger partial charge on any atom is -0.507 e. The van der Waals surface area contributed by atoms with Gasteiger partial charge in [0.2, 0.25) is 5.91 Å². The molecular weight excluding hydrogens is 328 g/mol. The summed E-state index contributed by atoms with van der Waals surface area (Å²) in [5, 5.41) is 13.4. The van der Waals surface area contributed by atoms with Gasteiger partial charge in [0.25, 0.3) is 0 Å². The molecule has 2 rings (SSSR count). The molecular formula is C13H15BrN2O4. The number of hydrogen-bond acceptors (Lipinski definition) is 5. The maximum Gasteiger partial charge on any atom is 0.245 e. The molecule has 0 aliphatic carbocycles. The Morgan fingerprint density at radius 2 is 2.25 bits per heavy atom. The first-order chi connectivity index (χ1) is 9.48. The molecule has 1 aromatic rings. The molecule has 1 heterocycles. The molecule has 1 saturated heterocycles. The molecule has 6 nitrogen and oxygen atoms in total. The Morgan fingerprint density at radius 3 is 2.95 bits per heavy atom. The molecule has 0 atom stereocenters. The highest BCUT2D eigenvalue weighted by Crippen LogP contribution is 2.22. The van der Waals surface area contributed by atoms with Crippen LogP contribution in [0.2, 0.25) is 0 Å². The molecule has 1 aromatic carbocycles. The van der Waals surface area contributed by atoms with Crippen LogP contribution in [0, 0.1) is 0 Å². The highest BCUT2D eigenvalue weighted by Gasteiger charge is 2.33. The molecule has 108 valence electrons. The van der Waals surface area contributed by atoms with E-state index in [2.05, 4.69) is 26.5 Å². The maximum atomic E-state index is 11.7. The standard InChI is InChI=1S/C13H15BrN2O4/c1-13(19-4-5-20-13)7-12(18)16-15-8-9-6-10(14)2-3-11(9)17/h2-3,6,8,17H,4-5,7H2,1H3,(H,16,18). The van der Waals surface area contributed by atoms with E-state index in [1.807, 2.05) is 0 Å². The highest BCUT2D eigenvalue weighted by atomic mass is 79.9. The first-order valence-electron chi connectivity index (χ1n) is 6.07. The molecule has 1 amide bonds. The number of rotatable bonds is 4. The van der Waals surface area contributed by atoms with Gasteiger partial charge in [0, 0.05) is 10.0 Å². The predicted octanol–water partition coefficient (Wildman–Crippen LogP) is 1.76. The van der Waals surface area contributed by atoms with Gasteiger partial charge < -0.3 is 14.6 Å². The molecule has 7 heteroatoms. The monoisotopic (exact) mass is 342 g/mol.